The Morgan fingerprint density at radius 2 is 1.88 bits per heavy atom. The van der Waals surface area contributed by atoms with E-state index in [4.69, 9.17) is 16.3 Å². The first-order valence-electron chi connectivity index (χ1n) is 8.13. The summed E-state index contributed by atoms with van der Waals surface area (Å²) in [6.45, 7) is 3.13. The quantitative estimate of drug-likeness (QED) is 0.865. The number of nitrogens with one attached hydrogen (secondary N) is 1. The molecule has 26 heavy (non-hydrogen) atoms. The average Bonchev–Trinajstić information content (AvgIpc) is 2.64. The van der Waals surface area contributed by atoms with Crippen LogP contribution in [0.3, 0.4) is 0 Å². The lowest BCUT2D eigenvalue weighted by molar-refractivity contribution is 0.0730. The van der Waals surface area contributed by atoms with Crippen LogP contribution in [0.5, 0.6) is 0 Å². The highest BCUT2D eigenvalue weighted by molar-refractivity contribution is 7.89. The molecule has 3 rings (SSSR count). The van der Waals surface area contributed by atoms with Crippen LogP contribution in [-0.2, 0) is 14.8 Å². The van der Waals surface area contributed by atoms with E-state index in [0.717, 1.165) is 0 Å². The Morgan fingerprint density at radius 1 is 1.15 bits per heavy atom. The molecule has 0 aliphatic carbocycles. The van der Waals surface area contributed by atoms with Crippen LogP contribution >= 0.6 is 11.6 Å². The summed E-state index contributed by atoms with van der Waals surface area (Å²) in [7, 11) is -3.64. The van der Waals surface area contributed by atoms with E-state index in [9.17, 15) is 13.2 Å². The third-order valence-electron chi connectivity index (χ3n) is 4.12. The van der Waals surface area contributed by atoms with E-state index in [0.29, 0.717) is 48.1 Å². The summed E-state index contributed by atoms with van der Waals surface area (Å²) in [4.78, 5) is 12.6. The van der Waals surface area contributed by atoms with Crippen molar-refractivity contribution in [2.24, 2.45) is 0 Å². The van der Waals surface area contributed by atoms with E-state index in [2.05, 4.69) is 5.32 Å². The number of morpholine rings is 1. The van der Waals surface area contributed by atoms with Crippen molar-refractivity contribution >= 4 is 33.2 Å². The number of halogens is 1. The Morgan fingerprint density at radius 3 is 2.58 bits per heavy atom. The maximum Gasteiger partial charge on any atom is 0.255 e. The number of benzene rings is 2. The molecule has 2 aromatic rings. The minimum atomic E-state index is -3.64. The van der Waals surface area contributed by atoms with E-state index in [1.807, 2.05) is 0 Å². The van der Waals surface area contributed by atoms with Crippen molar-refractivity contribution < 1.29 is 17.9 Å². The first-order chi connectivity index (χ1) is 12.4. The molecule has 1 saturated heterocycles. The van der Waals surface area contributed by atoms with Crippen molar-refractivity contribution in [3.8, 4) is 0 Å². The molecule has 8 heteroatoms. The molecule has 0 atom stereocenters. The number of hydrogen-bond acceptors (Lipinski definition) is 4. The molecular formula is C18H19ClN2O4S. The maximum atomic E-state index is 12.9. The number of aryl methyl sites for hydroxylation is 1. The van der Waals surface area contributed by atoms with Crippen molar-refractivity contribution in [2.45, 2.75) is 11.8 Å². The van der Waals surface area contributed by atoms with Gasteiger partial charge in [-0.05, 0) is 42.8 Å². The van der Waals surface area contributed by atoms with Crippen LogP contribution in [0.1, 0.15) is 15.9 Å². The number of ether oxygens (including phenoxy) is 1. The van der Waals surface area contributed by atoms with Crippen LogP contribution < -0.4 is 5.32 Å². The van der Waals surface area contributed by atoms with Gasteiger partial charge >= 0.3 is 0 Å². The molecule has 2 aromatic carbocycles. The lowest BCUT2D eigenvalue weighted by atomic mass is 10.2. The Bertz CT molecular complexity index is 925. The number of nitrogens with zero attached hydrogens (tertiary/aromatic N) is 1. The van der Waals surface area contributed by atoms with Gasteiger partial charge in [0.2, 0.25) is 10.0 Å². The molecule has 1 N–H and O–H groups in total. The van der Waals surface area contributed by atoms with Crippen LogP contribution in [-0.4, -0.2) is 44.9 Å². The van der Waals surface area contributed by atoms with Gasteiger partial charge in [0.15, 0.2) is 0 Å². The molecule has 0 saturated carbocycles. The van der Waals surface area contributed by atoms with E-state index in [-0.39, 0.29) is 10.8 Å². The number of amides is 1. The second-order valence-electron chi connectivity index (χ2n) is 5.96. The molecule has 0 radical (unpaired) electrons. The molecule has 1 fully saturated rings. The molecule has 6 nitrogen and oxygen atoms in total. The van der Waals surface area contributed by atoms with E-state index in [1.54, 1.807) is 43.3 Å². The highest BCUT2D eigenvalue weighted by Gasteiger charge is 2.28. The van der Waals surface area contributed by atoms with Gasteiger partial charge < -0.3 is 10.1 Å². The molecule has 0 spiro atoms. The fourth-order valence-corrected chi connectivity index (χ4v) is 4.56. The lowest BCUT2D eigenvalue weighted by Gasteiger charge is -2.26. The van der Waals surface area contributed by atoms with E-state index >= 15 is 0 Å². The molecule has 1 aliphatic heterocycles. The summed E-state index contributed by atoms with van der Waals surface area (Å²) in [5.41, 5.74) is 1.43. The van der Waals surface area contributed by atoms with Crippen LogP contribution in [0.4, 0.5) is 5.69 Å². The van der Waals surface area contributed by atoms with Gasteiger partial charge in [0.05, 0.1) is 18.1 Å². The maximum absolute atomic E-state index is 12.9. The van der Waals surface area contributed by atoms with Crippen LogP contribution in [0.15, 0.2) is 47.4 Å². The number of carbonyl (C=O) groups is 1. The molecule has 0 unspecified atom stereocenters. The highest BCUT2D eigenvalue weighted by Crippen LogP contribution is 2.25. The van der Waals surface area contributed by atoms with Gasteiger partial charge in [-0.1, -0.05) is 23.7 Å². The monoisotopic (exact) mass is 394 g/mol. The standard InChI is InChI=1S/C18H19ClN2O4S/c1-13-5-6-16(20-18(22)14-3-2-4-15(19)11-14)12-17(13)26(23,24)21-7-9-25-10-8-21/h2-6,11-12H,7-10H2,1H3,(H,20,22). The van der Waals surface area contributed by atoms with Crippen molar-refractivity contribution in [2.75, 3.05) is 31.6 Å². The zero-order valence-electron chi connectivity index (χ0n) is 14.2. The largest absolute Gasteiger partial charge is 0.379 e. The van der Waals surface area contributed by atoms with Gasteiger partial charge in [0.25, 0.3) is 5.91 Å². The predicted octanol–water partition coefficient (Wildman–Crippen LogP) is 2.92. The van der Waals surface area contributed by atoms with E-state index in [1.165, 1.54) is 10.4 Å². The van der Waals surface area contributed by atoms with Gasteiger partial charge in [0.1, 0.15) is 0 Å². The van der Waals surface area contributed by atoms with Crippen molar-refractivity contribution in [3.63, 3.8) is 0 Å². The third kappa shape index (κ3) is 4.07. The molecule has 0 aromatic heterocycles. The van der Waals surface area contributed by atoms with Gasteiger partial charge in [-0.3, -0.25) is 4.79 Å². The molecular weight excluding hydrogens is 376 g/mol. The molecule has 1 aliphatic rings. The van der Waals surface area contributed by atoms with E-state index < -0.39 is 10.0 Å². The number of anilines is 1. The summed E-state index contributed by atoms with van der Waals surface area (Å²) >= 11 is 5.91. The minimum Gasteiger partial charge on any atom is -0.379 e. The Labute approximate surface area is 157 Å². The van der Waals surface area contributed by atoms with Crippen LogP contribution in [0.25, 0.3) is 0 Å². The smallest absolute Gasteiger partial charge is 0.255 e. The van der Waals surface area contributed by atoms with Gasteiger partial charge in [0, 0.05) is 29.4 Å². The summed E-state index contributed by atoms with van der Waals surface area (Å²) in [5, 5.41) is 3.18. The van der Waals surface area contributed by atoms with Crippen molar-refractivity contribution in [1.82, 2.24) is 4.31 Å². The number of rotatable bonds is 4. The second-order valence-corrected chi connectivity index (χ2v) is 8.30. The van der Waals surface area contributed by atoms with Crippen LogP contribution in [0, 0.1) is 6.92 Å². The fraction of sp³-hybridized carbons (Fsp3) is 0.278. The third-order valence-corrected chi connectivity index (χ3v) is 6.40. The van der Waals surface area contributed by atoms with Crippen molar-refractivity contribution in [3.05, 3.63) is 58.6 Å². The zero-order chi connectivity index (χ0) is 18.7. The summed E-state index contributed by atoms with van der Waals surface area (Å²) in [5.74, 6) is -0.355. The molecule has 1 heterocycles. The fourth-order valence-electron chi connectivity index (χ4n) is 2.71. The van der Waals surface area contributed by atoms with Gasteiger partial charge in [-0.15, -0.1) is 0 Å². The zero-order valence-corrected chi connectivity index (χ0v) is 15.8. The van der Waals surface area contributed by atoms with Crippen molar-refractivity contribution in [1.29, 1.82) is 0 Å². The summed E-state index contributed by atoms with van der Waals surface area (Å²) < 4.78 is 32.4. The van der Waals surface area contributed by atoms with Crippen LogP contribution in [0.2, 0.25) is 5.02 Å². The molecule has 1 amide bonds. The Kier molecular flexibility index (Phi) is 5.62. The Balaban J connectivity index is 1.86. The topological polar surface area (TPSA) is 75.7 Å². The highest BCUT2D eigenvalue weighted by atomic mass is 35.5. The molecule has 138 valence electrons. The van der Waals surface area contributed by atoms with Gasteiger partial charge in [-0.2, -0.15) is 4.31 Å². The first kappa shape index (κ1) is 18.8. The average molecular weight is 395 g/mol. The lowest BCUT2D eigenvalue weighted by Crippen LogP contribution is -2.40. The minimum absolute atomic E-state index is 0.184. The second kappa shape index (κ2) is 7.75. The Hall–Kier alpha value is -1.93. The van der Waals surface area contributed by atoms with Gasteiger partial charge in [-0.25, -0.2) is 8.42 Å². The molecule has 0 bridgehead atoms. The summed E-state index contributed by atoms with van der Waals surface area (Å²) in [6.07, 6.45) is 0. The number of hydrogen-bond donors (Lipinski definition) is 1. The number of sulfonamides is 1. The SMILES string of the molecule is Cc1ccc(NC(=O)c2cccc(Cl)c2)cc1S(=O)(=O)N1CCOCC1. The predicted molar refractivity (Wildman–Crippen MR) is 100 cm³/mol. The normalized spacial score (nSPS) is 15.6. The first-order valence-corrected chi connectivity index (χ1v) is 9.95. The number of carbonyl (C=O) groups excluding carboxylic acids is 1. The summed E-state index contributed by atoms with van der Waals surface area (Å²) in [6, 6.07) is 11.4.